The SMILES string of the molecule is COCC1(NC(=O)[C@H]2CC(=O)Nc3ccc(OC)cc32)CCCC1. The van der Waals surface area contributed by atoms with Crippen molar-refractivity contribution >= 4 is 17.5 Å². The summed E-state index contributed by atoms with van der Waals surface area (Å²) < 4.78 is 10.6. The van der Waals surface area contributed by atoms with Crippen LogP contribution in [-0.2, 0) is 14.3 Å². The number of rotatable bonds is 5. The number of carbonyl (C=O) groups excluding carboxylic acids is 2. The monoisotopic (exact) mass is 332 g/mol. The van der Waals surface area contributed by atoms with Gasteiger partial charge < -0.3 is 20.1 Å². The Labute approximate surface area is 141 Å². The van der Waals surface area contributed by atoms with Gasteiger partial charge in [0, 0.05) is 19.2 Å². The highest BCUT2D eigenvalue weighted by Crippen LogP contribution is 2.37. The Morgan fingerprint density at radius 2 is 2.08 bits per heavy atom. The van der Waals surface area contributed by atoms with Crippen molar-refractivity contribution in [3.05, 3.63) is 23.8 Å². The highest BCUT2D eigenvalue weighted by Gasteiger charge is 2.39. The minimum Gasteiger partial charge on any atom is -0.497 e. The predicted molar refractivity (Wildman–Crippen MR) is 90.2 cm³/mol. The first-order chi connectivity index (χ1) is 11.6. The molecule has 1 fully saturated rings. The average Bonchev–Trinajstić information content (AvgIpc) is 3.02. The maximum atomic E-state index is 13.0. The van der Waals surface area contributed by atoms with Crippen molar-refractivity contribution in [2.24, 2.45) is 0 Å². The minimum atomic E-state index is -0.502. The minimum absolute atomic E-state index is 0.113. The van der Waals surface area contributed by atoms with Crippen LogP contribution >= 0.6 is 0 Å². The molecule has 1 saturated carbocycles. The van der Waals surface area contributed by atoms with E-state index in [1.54, 1.807) is 26.4 Å². The highest BCUT2D eigenvalue weighted by atomic mass is 16.5. The summed E-state index contributed by atoms with van der Waals surface area (Å²) in [6.45, 7) is 0.503. The van der Waals surface area contributed by atoms with Gasteiger partial charge >= 0.3 is 0 Å². The van der Waals surface area contributed by atoms with Crippen molar-refractivity contribution in [1.82, 2.24) is 5.32 Å². The molecular formula is C18H24N2O4. The molecule has 1 atom stereocenters. The second-order valence-corrected chi connectivity index (χ2v) is 6.67. The van der Waals surface area contributed by atoms with Crippen LogP contribution < -0.4 is 15.4 Å². The zero-order valence-electron chi connectivity index (χ0n) is 14.2. The van der Waals surface area contributed by atoms with Gasteiger partial charge in [0.15, 0.2) is 0 Å². The van der Waals surface area contributed by atoms with E-state index in [1.165, 1.54) is 0 Å². The third kappa shape index (κ3) is 3.24. The fraction of sp³-hybridized carbons (Fsp3) is 0.556. The molecule has 0 radical (unpaired) electrons. The maximum Gasteiger partial charge on any atom is 0.228 e. The topological polar surface area (TPSA) is 76.7 Å². The third-order valence-electron chi connectivity index (χ3n) is 4.98. The van der Waals surface area contributed by atoms with Gasteiger partial charge in [-0.05, 0) is 36.6 Å². The molecule has 1 heterocycles. The quantitative estimate of drug-likeness (QED) is 0.866. The highest BCUT2D eigenvalue weighted by molar-refractivity contribution is 6.01. The number of amides is 2. The van der Waals surface area contributed by atoms with Gasteiger partial charge in [0.1, 0.15) is 5.75 Å². The normalized spacial score (nSPS) is 21.8. The fourth-order valence-electron chi connectivity index (χ4n) is 3.78. The zero-order valence-corrected chi connectivity index (χ0v) is 14.2. The number of benzene rings is 1. The van der Waals surface area contributed by atoms with Crippen LogP contribution in [0.25, 0.3) is 0 Å². The van der Waals surface area contributed by atoms with Crippen LogP contribution in [0.3, 0.4) is 0 Å². The molecule has 0 aromatic heterocycles. The van der Waals surface area contributed by atoms with Crippen molar-refractivity contribution in [2.45, 2.75) is 43.6 Å². The lowest BCUT2D eigenvalue weighted by atomic mass is 9.88. The molecule has 0 spiro atoms. The summed E-state index contributed by atoms with van der Waals surface area (Å²) in [6, 6.07) is 5.39. The number of anilines is 1. The summed E-state index contributed by atoms with van der Waals surface area (Å²) >= 11 is 0. The third-order valence-corrected chi connectivity index (χ3v) is 4.98. The van der Waals surface area contributed by atoms with Gasteiger partial charge in [-0.15, -0.1) is 0 Å². The molecule has 1 aromatic carbocycles. The number of carbonyl (C=O) groups is 2. The van der Waals surface area contributed by atoms with Crippen LogP contribution in [0, 0.1) is 0 Å². The van der Waals surface area contributed by atoms with Gasteiger partial charge in [-0.1, -0.05) is 12.8 Å². The number of nitrogens with one attached hydrogen (secondary N) is 2. The van der Waals surface area contributed by atoms with Crippen LogP contribution in [0.5, 0.6) is 5.75 Å². The molecule has 3 rings (SSSR count). The molecule has 2 aliphatic rings. The summed E-state index contributed by atoms with van der Waals surface area (Å²) in [5, 5.41) is 6.00. The van der Waals surface area contributed by atoms with E-state index in [1.807, 2.05) is 6.07 Å². The van der Waals surface area contributed by atoms with E-state index in [-0.39, 0.29) is 23.8 Å². The molecule has 2 N–H and O–H groups in total. The van der Waals surface area contributed by atoms with Crippen molar-refractivity contribution in [3.8, 4) is 5.75 Å². The first kappa shape index (κ1) is 16.8. The van der Waals surface area contributed by atoms with E-state index >= 15 is 0 Å². The fourth-order valence-corrected chi connectivity index (χ4v) is 3.78. The molecule has 130 valence electrons. The predicted octanol–water partition coefficient (Wildman–Crippen LogP) is 2.20. The van der Waals surface area contributed by atoms with E-state index < -0.39 is 5.92 Å². The number of fused-ring (bicyclic) bond motifs is 1. The van der Waals surface area contributed by atoms with Crippen molar-refractivity contribution in [3.63, 3.8) is 0 Å². The molecule has 6 heteroatoms. The molecule has 1 aliphatic heterocycles. The molecule has 1 aromatic rings. The molecule has 1 aliphatic carbocycles. The Bertz CT molecular complexity index is 638. The van der Waals surface area contributed by atoms with Crippen LogP contribution in [0.1, 0.15) is 43.6 Å². The lowest BCUT2D eigenvalue weighted by Gasteiger charge is -2.33. The Balaban J connectivity index is 1.86. The van der Waals surface area contributed by atoms with Crippen LogP contribution in [-0.4, -0.2) is 38.2 Å². The van der Waals surface area contributed by atoms with Crippen LogP contribution in [0.15, 0.2) is 18.2 Å². The van der Waals surface area contributed by atoms with E-state index in [4.69, 9.17) is 9.47 Å². The number of hydrogen-bond acceptors (Lipinski definition) is 4. The number of hydrogen-bond donors (Lipinski definition) is 2. The molecular weight excluding hydrogens is 308 g/mol. The van der Waals surface area contributed by atoms with E-state index in [0.717, 1.165) is 31.2 Å². The van der Waals surface area contributed by atoms with E-state index in [0.29, 0.717) is 18.0 Å². The molecule has 0 bridgehead atoms. The number of ether oxygens (including phenoxy) is 2. The molecule has 24 heavy (non-hydrogen) atoms. The molecule has 2 amide bonds. The Hall–Kier alpha value is -2.08. The lowest BCUT2D eigenvalue weighted by molar-refractivity contribution is -0.128. The van der Waals surface area contributed by atoms with Crippen molar-refractivity contribution < 1.29 is 19.1 Å². The summed E-state index contributed by atoms with van der Waals surface area (Å²) in [5.41, 5.74) is 1.18. The first-order valence-corrected chi connectivity index (χ1v) is 8.36. The van der Waals surface area contributed by atoms with E-state index in [9.17, 15) is 9.59 Å². The van der Waals surface area contributed by atoms with Crippen molar-refractivity contribution in [1.29, 1.82) is 0 Å². The molecule has 0 unspecified atom stereocenters. The molecule has 6 nitrogen and oxygen atoms in total. The smallest absolute Gasteiger partial charge is 0.228 e. The van der Waals surface area contributed by atoms with Gasteiger partial charge in [-0.2, -0.15) is 0 Å². The van der Waals surface area contributed by atoms with Gasteiger partial charge in [-0.3, -0.25) is 9.59 Å². The van der Waals surface area contributed by atoms with Crippen LogP contribution in [0.2, 0.25) is 0 Å². The zero-order chi connectivity index (χ0) is 17.2. The van der Waals surface area contributed by atoms with Crippen LogP contribution in [0.4, 0.5) is 5.69 Å². The van der Waals surface area contributed by atoms with Gasteiger partial charge in [0.2, 0.25) is 11.8 Å². The van der Waals surface area contributed by atoms with E-state index in [2.05, 4.69) is 10.6 Å². The molecule has 0 saturated heterocycles. The lowest BCUT2D eigenvalue weighted by Crippen LogP contribution is -2.51. The second kappa shape index (κ2) is 6.81. The van der Waals surface area contributed by atoms with Gasteiger partial charge in [-0.25, -0.2) is 0 Å². The maximum absolute atomic E-state index is 13.0. The Kier molecular flexibility index (Phi) is 4.76. The second-order valence-electron chi connectivity index (χ2n) is 6.67. The Morgan fingerprint density at radius 3 is 2.75 bits per heavy atom. The summed E-state index contributed by atoms with van der Waals surface area (Å²) in [5.74, 6) is -0.0771. The summed E-state index contributed by atoms with van der Waals surface area (Å²) in [6.07, 6.45) is 4.14. The largest absolute Gasteiger partial charge is 0.497 e. The first-order valence-electron chi connectivity index (χ1n) is 8.36. The average molecular weight is 332 g/mol. The van der Waals surface area contributed by atoms with Gasteiger partial charge in [0.25, 0.3) is 0 Å². The van der Waals surface area contributed by atoms with Crippen molar-refractivity contribution in [2.75, 3.05) is 26.1 Å². The van der Waals surface area contributed by atoms with Gasteiger partial charge in [0.05, 0.1) is 25.2 Å². The summed E-state index contributed by atoms with van der Waals surface area (Å²) in [7, 11) is 3.24. The summed E-state index contributed by atoms with van der Waals surface area (Å²) in [4.78, 5) is 24.9. The Morgan fingerprint density at radius 1 is 1.33 bits per heavy atom. The standard InChI is InChI=1S/C18H24N2O4/c1-23-11-18(7-3-4-8-18)20-17(22)14-10-16(21)19-15-6-5-12(24-2)9-13(14)15/h5-6,9,14H,3-4,7-8,10-11H2,1-2H3,(H,19,21)(H,20,22)/t14-/m0/s1. The number of methoxy groups -OCH3 is 2.